The van der Waals surface area contributed by atoms with Gasteiger partial charge in [0, 0.05) is 5.39 Å². The van der Waals surface area contributed by atoms with Crippen LogP contribution in [0.1, 0.15) is 93.9 Å². The molecule has 1 radical (unpaired) electrons. The first-order valence-electron chi connectivity index (χ1n) is 13.4. The van der Waals surface area contributed by atoms with Crippen LogP contribution in [0.5, 0.6) is 5.75 Å². The summed E-state index contributed by atoms with van der Waals surface area (Å²) in [7, 11) is 0. The van der Waals surface area contributed by atoms with E-state index in [-0.39, 0.29) is 0 Å². The smallest absolute Gasteiger partial charge is 0.416 e. The Bertz CT molecular complexity index is 1050. The fraction of sp³-hybridized carbons (Fsp3) is 0.484. The number of benzene rings is 3. The zero-order valence-electron chi connectivity index (χ0n) is 21.4. The minimum Gasteiger partial charge on any atom is -0.493 e. The van der Waals surface area contributed by atoms with Gasteiger partial charge in [0.05, 0.1) is 18.2 Å². The number of rotatable bonds is 15. The van der Waals surface area contributed by atoms with Crippen LogP contribution in [0.2, 0.25) is 0 Å². The third-order valence-corrected chi connectivity index (χ3v) is 6.79. The van der Waals surface area contributed by atoms with E-state index < -0.39 is 17.8 Å². The van der Waals surface area contributed by atoms with Gasteiger partial charge in [0.25, 0.3) is 0 Å². The molecule has 3 aromatic rings. The van der Waals surface area contributed by atoms with Crippen molar-refractivity contribution in [3.63, 3.8) is 0 Å². The summed E-state index contributed by atoms with van der Waals surface area (Å²) in [5, 5.41) is 2.05. The zero-order chi connectivity index (χ0) is 25.8. The molecule has 2 nitrogen and oxygen atoms in total. The number of hydrogen-bond donors (Lipinski definition) is 0. The number of nitrogens with one attached hydrogen (secondary N) is 1. The molecule has 0 aliphatic heterocycles. The lowest BCUT2D eigenvalue weighted by Crippen LogP contribution is -2.08. The number of fused-ring (bicyclic) bond motifs is 1. The van der Waals surface area contributed by atoms with E-state index in [1.54, 1.807) is 0 Å². The van der Waals surface area contributed by atoms with Crippen LogP contribution in [0.3, 0.4) is 0 Å². The number of unbranched alkanes of at least 4 members (excludes halogenated alkanes) is 9. The third kappa shape index (κ3) is 8.55. The van der Waals surface area contributed by atoms with Gasteiger partial charge >= 0.3 is 6.18 Å². The largest absolute Gasteiger partial charge is 0.493 e. The molecule has 0 aliphatic rings. The Kier molecular flexibility index (Phi) is 11.1. The Hall–Kier alpha value is -2.53. The molecule has 1 N–H and O–H groups in total. The fourth-order valence-corrected chi connectivity index (χ4v) is 4.65. The van der Waals surface area contributed by atoms with E-state index in [9.17, 15) is 13.2 Å². The molecule has 1 unspecified atom stereocenters. The minimum absolute atomic E-state index is 0.421. The lowest BCUT2D eigenvalue weighted by Gasteiger charge is -2.16. The second kappa shape index (κ2) is 14.3. The van der Waals surface area contributed by atoms with Gasteiger partial charge in [-0.1, -0.05) is 107 Å². The van der Waals surface area contributed by atoms with E-state index in [4.69, 9.17) is 10.5 Å². The van der Waals surface area contributed by atoms with Gasteiger partial charge in [0.2, 0.25) is 0 Å². The van der Waals surface area contributed by atoms with Crippen molar-refractivity contribution in [2.45, 2.75) is 89.8 Å². The highest BCUT2D eigenvalue weighted by molar-refractivity contribution is 5.91. The van der Waals surface area contributed by atoms with Crippen LogP contribution < -0.4 is 10.5 Å². The van der Waals surface area contributed by atoms with Crippen molar-refractivity contribution in [1.82, 2.24) is 5.73 Å². The molecule has 36 heavy (non-hydrogen) atoms. The van der Waals surface area contributed by atoms with Gasteiger partial charge in [0.1, 0.15) is 5.75 Å². The number of hydrogen-bond acceptors (Lipinski definition) is 1. The topological polar surface area (TPSA) is 33.0 Å². The first-order valence-corrected chi connectivity index (χ1v) is 13.4. The van der Waals surface area contributed by atoms with Crippen molar-refractivity contribution in [1.29, 1.82) is 0 Å². The van der Waals surface area contributed by atoms with E-state index in [1.165, 1.54) is 69.9 Å². The summed E-state index contributed by atoms with van der Waals surface area (Å²) in [5.74, 6) is 0.848. The van der Waals surface area contributed by atoms with Crippen LogP contribution in [0.15, 0.2) is 60.7 Å². The average molecular weight is 499 g/mol. The molecule has 0 spiro atoms. The van der Waals surface area contributed by atoms with Gasteiger partial charge < -0.3 is 4.74 Å². The normalized spacial score (nSPS) is 12.7. The van der Waals surface area contributed by atoms with Crippen LogP contribution in [0, 0.1) is 0 Å². The Balaban J connectivity index is 1.51. The molecule has 0 saturated heterocycles. The van der Waals surface area contributed by atoms with E-state index >= 15 is 0 Å². The van der Waals surface area contributed by atoms with Crippen LogP contribution >= 0.6 is 0 Å². The van der Waals surface area contributed by atoms with Crippen molar-refractivity contribution in [2.24, 2.45) is 0 Å². The molecule has 3 rings (SSSR count). The van der Waals surface area contributed by atoms with Gasteiger partial charge in [-0.15, -0.1) is 0 Å². The molecule has 0 amide bonds. The van der Waals surface area contributed by atoms with E-state index in [0.717, 1.165) is 40.6 Å². The molecule has 0 aromatic heterocycles. The summed E-state index contributed by atoms with van der Waals surface area (Å²) in [4.78, 5) is 0. The van der Waals surface area contributed by atoms with Crippen LogP contribution in [0.25, 0.3) is 10.8 Å². The van der Waals surface area contributed by atoms with Gasteiger partial charge in [-0.05, 0) is 47.6 Å². The predicted octanol–water partition coefficient (Wildman–Crippen LogP) is 9.72. The van der Waals surface area contributed by atoms with Crippen molar-refractivity contribution in [3.05, 3.63) is 77.4 Å². The van der Waals surface area contributed by atoms with Crippen molar-refractivity contribution >= 4 is 10.8 Å². The van der Waals surface area contributed by atoms with Crippen molar-refractivity contribution in [3.8, 4) is 5.75 Å². The minimum atomic E-state index is -4.37. The molecule has 0 saturated carbocycles. The first-order chi connectivity index (χ1) is 17.4. The lowest BCUT2D eigenvalue weighted by molar-refractivity contribution is -0.137. The van der Waals surface area contributed by atoms with Crippen LogP contribution in [0.4, 0.5) is 13.2 Å². The maximum Gasteiger partial charge on any atom is 0.416 e. The van der Waals surface area contributed by atoms with Gasteiger partial charge in [-0.25, -0.2) is 5.73 Å². The van der Waals surface area contributed by atoms with E-state index in [1.807, 2.05) is 36.4 Å². The van der Waals surface area contributed by atoms with Gasteiger partial charge in [0.15, 0.2) is 0 Å². The highest BCUT2D eigenvalue weighted by Gasteiger charge is 2.30. The molecule has 5 heteroatoms. The van der Waals surface area contributed by atoms with Gasteiger partial charge in [-0.3, -0.25) is 0 Å². The standard InChI is InChI=1S/C31H39F3NO/c1-2-3-4-5-6-7-8-9-10-13-22-36-30-21-18-25(27-14-11-12-15-28(27)30)23-29(35)24-16-19-26(20-17-24)31(32,33)34/h11-12,14-21,29,35H,2-10,13,22-23H2,1H3. The Morgan fingerprint density at radius 1 is 0.722 bits per heavy atom. The van der Waals surface area contributed by atoms with E-state index in [2.05, 4.69) is 6.92 Å². The summed E-state index contributed by atoms with van der Waals surface area (Å²) in [6, 6.07) is 16.2. The summed E-state index contributed by atoms with van der Waals surface area (Å²) in [6.07, 6.45) is 8.91. The highest BCUT2D eigenvalue weighted by atomic mass is 19.4. The second-order valence-corrected chi connectivity index (χ2v) is 9.68. The highest BCUT2D eigenvalue weighted by Crippen LogP contribution is 2.33. The zero-order valence-corrected chi connectivity index (χ0v) is 21.4. The summed E-state index contributed by atoms with van der Waals surface area (Å²) in [6.45, 7) is 2.94. The van der Waals surface area contributed by atoms with E-state index in [0.29, 0.717) is 18.6 Å². The van der Waals surface area contributed by atoms with Crippen molar-refractivity contribution < 1.29 is 17.9 Å². The van der Waals surface area contributed by atoms with Gasteiger partial charge in [-0.2, -0.15) is 13.2 Å². The number of halogens is 3. The summed E-state index contributed by atoms with van der Waals surface area (Å²) < 4.78 is 44.7. The maximum atomic E-state index is 12.8. The molecule has 0 bridgehead atoms. The third-order valence-electron chi connectivity index (χ3n) is 6.79. The molecular formula is C31H39F3NO. The monoisotopic (exact) mass is 498 g/mol. The fourth-order valence-electron chi connectivity index (χ4n) is 4.65. The Morgan fingerprint density at radius 2 is 1.31 bits per heavy atom. The SMILES string of the molecule is CCCCCCCCCCCCOc1ccc(CC([NH])c2ccc(C(F)(F)F)cc2)c2ccccc12. The average Bonchev–Trinajstić information content (AvgIpc) is 2.88. The maximum absolute atomic E-state index is 12.8. The Labute approximate surface area is 214 Å². The molecule has 195 valence electrons. The molecule has 1 atom stereocenters. The molecule has 3 aromatic carbocycles. The molecular weight excluding hydrogens is 459 g/mol. The number of ether oxygens (including phenoxy) is 1. The van der Waals surface area contributed by atoms with Crippen molar-refractivity contribution in [2.75, 3.05) is 6.61 Å². The Morgan fingerprint density at radius 3 is 1.92 bits per heavy atom. The molecule has 0 fully saturated rings. The summed E-state index contributed by atoms with van der Waals surface area (Å²) >= 11 is 0. The first kappa shape index (κ1) is 28.0. The summed E-state index contributed by atoms with van der Waals surface area (Å²) in [5.41, 5.74) is 9.43. The molecule has 0 heterocycles. The molecule has 0 aliphatic carbocycles. The van der Waals surface area contributed by atoms with Crippen LogP contribution in [-0.2, 0) is 12.6 Å². The predicted molar refractivity (Wildman–Crippen MR) is 142 cm³/mol. The number of alkyl halides is 3. The second-order valence-electron chi connectivity index (χ2n) is 9.68. The lowest BCUT2D eigenvalue weighted by atomic mass is 9.94. The quantitative estimate of drug-likeness (QED) is 0.192. The van der Waals surface area contributed by atoms with Crippen LogP contribution in [-0.4, -0.2) is 6.61 Å².